The third-order valence-electron chi connectivity index (χ3n) is 3.38. The van der Waals surface area contributed by atoms with Crippen LogP contribution in [0, 0.1) is 6.92 Å². The second-order valence-electron chi connectivity index (χ2n) is 4.66. The Hall–Kier alpha value is -2.07. The molecule has 0 saturated carbocycles. The average Bonchev–Trinajstić information content (AvgIpc) is 2.84. The number of aryl methyl sites for hydroxylation is 2. The third-order valence-corrected chi connectivity index (χ3v) is 3.82. The number of hydrogen-bond donors (Lipinski definition) is 1. The first-order valence-electron chi connectivity index (χ1n) is 6.48. The van der Waals surface area contributed by atoms with Gasteiger partial charge in [-0.15, -0.1) is 0 Å². The Morgan fingerprint density at radius 1 is 1.30 bits per heavy atom. The van der Waals surface area contributed by atoms with Gasteiger partial charge in [-0.2, -0.15) is 4.52 Å². The maximum atomic E-state index is 12.2. The van der Waals surface area contributed by atoms with E-state index in [9.17, 15) is 4.79 Å². The number of hydrogen-bond acceptors (Lipinski definition) is 2. The molecule has 0 fully saturated rings. The predicted octanol–water partition coefficient (Wildman–Crippen LogP) is 3.21. The van der Waals surface area contributed by atoms with Crippen LogP contribution >= 0.6 is 11.6 Å². The Morgan fingerprint density at radius 2 is 2.00 bits per heavy atom. The van der Waals surface area contributed by atoms with E-state index in [1.165, 1.54) is 4.52 Å². The Kier molecular flexibility index (Phi) is 3.10. The minimum absolute atomic E-state index is 0.158. The second kappa shape index (κ2) is 4.80. The summed E-state index contributed by atoms with van der Waals surface area (Å²) in [5.74, 6) is 0. The Labute approximate surface area is 121 Å². The summed E-state index contributed by atoms with van der Waals surface area (Å²) in [6.45, 7) is 3.79. The van der Waals surface area contributed by atoms with Gasteiger partial charge in [0.1, 0.15) is 5.02 Å². The van der Waals surface area contributed by atoms with Gasteiger partial charge in [-0.05, 0) is 18.9 Å². The molecule has 0 atom stereocenters. The molecule has 0 amide bonds. The van der Waals surface area contributed by atoms with Crippen molar-refractivity contribution in [3.05, 3.63) is 57.1 Å². The molecular formula is C15H14ClN3O. The highest BCUT2D eigenvalue weighted by Gasteiger charge is 2.17. The molecule has 0 spiro atoms. The van der Waals surface area contributed by atoms with Crippen LogP contribution < -0.4 is 5.56 Å². The SMILES string of the molecule is CCc1[nH]n2c(=O)c(Cl)c(C)nc2c1-c1ccccc1. The van der Waals surface area contributed by atoms with Crippen LogP contribution in [0.15, 0.2) is 35.1 Å². The summed E-state index contributed by atoms with van der Waals surface area (Å²) in [5, 5.41) is 3.26. The van der Waals surface area contributed by atoms with E-state index in [2.05, 4.69) is 10.1 Å². The number of rotatable bonds is 2. The van der Waals surface area contributed by atoms with Crippen LogP contribution in [-0.2, 0) is 6.42 Å². The lowest BCUT2D eigenvalue weighted by Crippen LogP contribution is -2.17. The number of fused-ring (bicyclic) bond motifs is 1. The van der Waals surface area contributed by atoms with Crippen LogP contribution in [0.5, 0.6) is 0 Å². The van der Waals surface area contributed by atoms with Gasteiger partial charge in [0.05, 0.1) is 5.69 Å². The Bertz CT molecular complexity index is 834. The minimum Gasteiger partial charge on any atom is -0.293 e. The van der Waals surface area contributed by atoms with Crippen molar-refractivity contribution in [3.63, 3.8) is 0 Å². The van der Waals surface area contributed by atoms with Gasteiger partial charge in [0.15, 0.2) is 5.65 Å². The van der Waals surface area contributed by atoms with Gasteiger partial charge >= 0.3 is 0 Å². The first-order valence-corrected chi connectivity index (χ1v) is 6.86. The number of benzene rings is 1. The molecule has 1 N–H and O–H groups in total. The van der Waals surface area contributed by atoms with E-state index in [1.807, 2.05) is 37.3 Å². The maximum Gasteiger partial charge on any atom is 0.291 e. The molecule has 0 bridgehead atoms. The van der Waals surface area contributed by atoms with Gasteiger partial charge < -0.3 is 0 Å². The topological polar surface area (TPSA) is 50.2 Å². The monoisotopic (exact) mass is 287 g/mol. The first-order chi connectivity index (χ1) is 9.63. The van der Waals surface area contributed by atoms with Gasteiger partial charge in [-0.1, -0.05) is 48.9 Å². The highest BCUT2D eigenvalue weighted by Crippen LogP contribution is 2.27. The molecule has 20 heavy (non-hydrogen) atoms. The van der Waals surface area contributed by atoms with Crippen LogP contribution in [0.1, 0.15) is 18.3 Å². The summed E-state index contributed by atoms with van der Waals surface area (Å²) >= 11 is 5.99. The van der Waals surface area contributed by atoms with Gasteiger partial charge in [-0.3, -0.25) is 9.89 Å². The van der Waals surface area contributed by atoms with Gasteiger partial charge in [0.2, 0.25) is 0 Å². The van der Waals surface area contributed by atoms with Gasteiger partial charge in [-0.25, -0.2) is 4.98 Å². The van der Waals surface area contributed by atoms with E-state index in [4.69, 9.17) is 11.6 Å². The number of nitrogens with one attached hydrogen (secondary N) is 1. The van der Waals surface area contributed by atoms with Crippen molar-refractivity contribution in [3.8, 4) is 11.1 Å². The van der Waals surface area contributed by atoms with Crippen molar-refractivity contribution >= 4 is 17.2 Å². The number of aromatic nitrogens is 3. The molecule has 2 heterocycles. The molecule has 2 aromatic heterocycles. The normalized spacial score (nSPS) is 11.2. The van der Waals surface area contributed by atoms with Crippen molar-refractivity contribution in [1.29, 1.82) is 0 Å². The number of H-pyrrole nitrogens is 1. The van der Waals surface area contributed by atoms with E-state index in [-0.39, 0.29) is 10.6 Å². The fourth-order valence-corrected chi connectivity index (χ4v) is 2.50. The Morgan fingerprint density at radius 3 is 2.65 bits per heavy atom. The lowest BCUT2D eigenvalue weighted by molar-refractivity contribution is 0.853. The van der Waals surface area contributed by atoms with Crippen molar-refractivity contribution in [1.82, 2.24) is 14.6 Å². The molecule has 0 aliphatic carbocycles. The molecule has 0 aliphatic rings. The fourth-order valence-electron chi connectivity index (χ4n) is 2.37. The van der Waals surface area contributed by atoms with E-state index < -0.39 is 0 Å². The summed E-state index contributed by atoms with van der Waals surface area (Å²) < 4.78 is 1.43. The van der Waals surface area contributed by atoms with E-state index >= 15 is 0 Å². The highest BCUT2D eigenvalue weighted by molar-refractivity contribution is 6.31. The predicted molar refractivity (Wildman–Crippen MR) is 80.4 cm³/mol. The zero-order chi connectivity index (χ0) is 14.3. The van der Waals surface area contributed by atoms with Crippen molar-refractivity contribution < 1.29 is 0 Å². The molecule has 0 saturated heterocycles. The lowest BCUT2D eigenvalue weighted by atomic mass is 10.0. The number of halogens is 1. The lowest BCUT2D eigenvalue weighted by Gasteiger charge is -2.02. The standard InChI is InChI=1S/C15H14ClN3O/c1-3-11-12(10-7-5-4-6-8-10)14-17-9(2)13(16)15(20)19(14)18-11/h4-8,18H,3H2,1-2H3. The van der Waals surface area contributed by atoms with E-state index in [0.29, 0.717) is 11.3 Å². The molecular weight excluding hydrogens is 274 g/mol. The van der Waals surface area contributed by atoms with Crippen LogP contribution in [0.2, 0.25) is 5.02 Å². The van der Waals surface area contributed by atoms with Gasteiger partial charge in [0, 0.05) is 11.3 Å². The van der Waals surface area contributed by atoms with Crippen LogP contribution in [0.25, 0.3) is 16.8 Å². The van der Waals surface area contributed by atoms with Crippen molar-refractivity contribution in [2.75, 3.05) is 0 Å². The summed E-state index contributed by atoms with van der Waals surface area (Å²) in [7, 11) is 0. The second-order valence-corrected chi connectivity index (χ2v) is 5.04. The highest BCUT2D eigenvalue weighted by atomic mass is 35.5. The number of aromatic amines is 1. The molecule has 4 nitrogen and oxygen atoms in total. The van der Waals surface area contributed by atoms with Crippen LogP contribution in [0.4, 0.5) is 0 Å². The van der Waals surface area contributed by atoms with Crippen LogP contribution in [-0.4, -0.2) is 14.6 Å². The molecule has 3 aromatic rings. The number of nitrogens with zero attached hydrogens (tertiary/aromatic N) is 2. The van der Waals surface area contributed by atoms with E-state index in [1.54, 1.807) is 6.92 Å². The molecule has 0 radical (unpaired) electrons. The quantitative estimate of drug-likeness (QED) is 0.787. The molecule has 0 aliphatic heterocycles. The molecule has 1 aromatic carbocycles. The summed E-state index contributed by atoms with van der Waals surface area (Å²) in [5.41, 5.74) is 3.89. The molecule has 102 valence electrons. The summed E-state index contributed by atoms with van der Waals surface area (Å²) in [6.07, 6.45) is 0.781. The minimum atomic E-state index is -0.258. The van der Waals surface area contributed by atoms with Gasteiger partial charge in [0.25, 0.3) is 5.56 Å². The van der Waals surface area contributed by atoms with Crippen molar-refractivity contribution in [2.45, 2.75) is 20.3 Å². The van der Waals surface area contributed by atoms with Crippen molar-refractivity contribution in [2.24, 2.45) is 0 Å². The summed E-state index contributed by atoms with van der Waals surface area (Å²) in [6, 6.07) is 9.93. The largest absolute Gasteiger partial charge is 0.293 e. The summed E-state index contributed by atoms with van der Waals surface area (Å²) in [4.78, 5) is 16.7. The smallest absolute Gasteiger partial charge is 0.291 e. The zero-order valence-corrected chi connectivity index (χ0v) is 12.0. The molecule has 5 heteroatoms. The zero-order valence-electron chi connectivity index (χ0n) is 11.3. The first kappa shape index (κ1) is 12.9. The molecule has 3 rings (SSSR count). The van der Waals surface area contributed by atoms with Crippen LogP contribution in [0.3, 0.4) is 0 Å². The Balaban J connectivity index is 2.45. The third kappa shape index (κ3) is 1.84. The van der Waals surface area contributed by atoms with E-state index in [0.717, 1.165) is 23.2 Å². The maximum absolute atomic E-state index is 12.2. The average molecular weight is 288 g/mol. The molecule has 0 unspecified atom stereocenters. The fraction of sp³-hybridized carbons (Fsp3) is 0.200.